The summed E-state index contributed by atoms with van der Waals surface area (Å²) in [7, 11) is 0. The minimum atomic E-state index is -5.07. The highest BCUT2D eigenvalue weighted by molar-refractivity contribution is 7.18. The van der Waals surface area contributed by atoms with Gasteiger partial charge in [-0.2, -0.15) is 26.3 Å². The Morgan fingerprint density at radius 1 is 1.05 bits per heavy atom. The number of carbonyl (C=O) groups is 3. The van der Waals surface area contributed by atoms with E-state index in [9.17, 15) is 40.7 Å². The van der Waals surface area contributed by atoms with Gasteiger partial charge in [0, 0.05) is 24.5 Å². The highest BCUT2D eigenvalue weighted by Gasteiger charge is 2.42. The maximum atomic E-state index is 13.2. The van der Waals surface area contributed by atoms with Gasteiger partial charge in [-0.05, 0) is 36.4 Å². The molecule has 0 bridgehead atoms. The van der Waals surface area contributed by atoms with Crippen molar-refractivity contribution < 1.29 is 45.5 Å². The summed E-state index contributed by atoms with van der Waals surface area (Å²) in [5.41, 5.74) is 0.519. The molecule has 1 aromatic carbocycles. The number of anilines is 2. The molecule has 2 aromatic rings. The molecule has 1 aliphatic heterocycles. The van der Waals surface area contributed by atoms with Gasteiger partial charge < -0.3 is 20.3 Å². The van der Waals surface area contributed by atoms with Crippen LogP contribution in [0.25, 0.3) is 0 Å². The molecule has 1 atom stereocenters. The third-order valence-electron chi connectivity index (χ3n) is 5.19. The number of amides is 3. The van der Waals surface area contributed by atoms with Crippen LogP contribution in [0.1, 0.15) is 9.67 Å². The van der Waals surface area contributed by atoms with Gasteiger partial charge in [-0.1, -0.05) is 11.6 Å². The van der Waals surface area contributed by atoms with Crippen LogP contribution in [0, 0.1) is 0 Å². The smallest absolute Gasteiger partial charge is 0.370 e. The molecule has 3 amide bonds. The SMILES string of the molecule is O=C(NC[C@@H](C(=O)Nc1ccc(N2CCOCC2=O)cc1)N(CC(F)(F)F)CC(F)(F)F)c1ccc(Cl)s1. The predicted molar refractivity (Wildman–Crippen MR) is 127 cm³/mol. The third-order valence-corrected chi connectivity index (χ3v) is 6.42. The van der Waals surface area contributed by atoms with Crippen LogP contribution in [0.3, 0.4) is 0 Å². The standard InChI is InChI=1S/C22H21ClF6N4O4S/c23-17-6-5-16(38-17)20(36)30-9-15(32(11-21(24,25)26)12-22(27,28)29)19(35)31-13-1-3-14(4-2-13)33-7-8-37-10-18(33)34/h1-6,15H,7-12H2,(H,30,36)(H,31,35)/t15-/m0/s1. The van der Waals surface area contributed by atoms with Gasteiger partial charge in [-0.15, -0.1) is 11.3 Å². The molecule has 0 spiro atoms. The molecule has 0 unspecified atom stereocenters. The molecule has 1 aromatic heterocycles. The topological polar surface area (TPSA) is 91.0 Å². The highest BCUT2D eigenvalue weighted by Crippen LogP contribution is 2.25. The Bertz CT molecular complexity index is 1130. The van der Waals surface area contributed by atoms with E-state index in [-0.39, 0.29) is 38.9 Å². The van der Waals surface area contributed by atoms with Gasteiger partial charge in [-0.25, -0.2) is 0 Å². The number of hydrogen-bond acceptors (Lipinski definition) is 6. The quantitative estimate of drug-likeness (QED) is 0.435. The van der Waals surface area contributed by atoms with Gasteiger partial charge >= 0.3 is 12.4 Å². The second-order valence-corrected chi connectivity index (χ2v) is 9.81. The Labute approximate surface area is 221 Å². The maximum absolute atomic E-state index is 13.2. The van der Waals surface area contributed by atoms with Crippen LogP contribution in [0.2, 0.25) is 4.34 Å². The van der Waals surface area contributed by atoms with Crippen molar-refractivity contribution in [2.45, 2.75) is 18.4 Å². The molecule has 3 rings (SSSR count). The molecule has 208 valence electrons. The molecular formula is C22H21ClF6N4O4S. The van der Waals surface area contributed by atoms with Crippen molar-refractivity contribution in [3.63, 3.8) is 0 Å². The number of benzene rings is 1. The van der Waals surface area contributed by atoms with Crippen molar-refractivity contribution in [3.8, 4) is 0 Å². The van der Waals surface area contributed by atoms with E-state index in [2.05, 4.69) is 10.6 Å². The van der Waals surface area contributed by atoms with E-state index in [0.717, 1.165) is 11.3 Å². The van der Waals surface area contributed by atoms with Crippen LogP contribution < -0.4 is 15.5 Å². The second kappa shape index (κ2) is 12.3. The number of rotatable bonds is 9. The first-order chi connectivity index (χ1) is 17.7. The minimum Gasteiger partial charge on any atom is -0.370 e. The van der Waals surface area contributed by atoms with Crippen LogP contribution in [0.5, 0.6) is 0 Å². The van der Waals surface area contributed by atoms with E-state index in [1.165, 1.54) is 41.3 Å². The largest absolute Gasteiger partial charge is 0.401 e. The van der Waals surface area contributed by atoms with Gasteiger partial charge in [0.1, 0.15) is 12.6 Å². The Morgan fingerprint density at radius 2 is 1.68 bits per heavy atom. The summed E-state index contributed by atoms with van der Waals surface area (Å²) in [6.07, 6.45) is -10.1. The maximum Gasteiger partial charge on any atom is 0.401 e. The van der Waals surface area contributed by atoms with E-state index in [0.29, 0.717) is 12.3 Å². The zero-order chi connectivity index (χ0) is 28.1. The third kappa shape index (κ3) is 8.85. The fraction of sp³-hybridized carbons (Fsp3) is 0.409. The fourth-order valence-corrected chi connectivity index (χ4v) is 4.54. The first kappa shape index (κ1) is 29.7. The lowest BCUT2D eigenvalue weighted by atomic mass is 10.2. The average molecular weight is 587 g/mol. The van der Waals surface area contributed by atoms with Gasteiger partial charge in [0.15, 0.2) is 0 Å². The minimum absolute atomic E-state index is 0.0554. The molecule has 8 nitrogen and oxygen atoms in total. The monoisotopic (exact) mass is 586 g/mol. The van der Waals surface area contributed by atoms with Gasteiger partial charge in [0.25, 0.3) is 11.8 Å². The summed E-state index contributed by atoms with van der Waals surface area (Å²) >= 11 is 6.60. The summed E-state index contributed by atoms with van der Waals surface area (Å²) < 4.78 is 84.3. The summed E-state index contributed by atoms with van der Waals surface area (Å²) in [6, 6.07) is 6.27. The molecule has 2 N–H and O–H groups in total. The second-order valence-electron chi connectivity index (χ2n) is 8.10. The Kier molecular flexibility index (Phi) is 9.62. The first-order valence-corrected chi connectivity index (χ1v) is 12.1. The molecule has 2 heterocycles. The zero-order valence-electron chi connectivity index (χ0n) is 19.4. The zero-order valence-corrected chi connectivity index (χ0v) is 20.9. The summed E-state index contributed by atoms with van der Waals surface area (Å²) in [5, 5.41) is 4.50. The Balaban J connectivity index is 1.80. The lowest BCUT2D eigenvalue weighted by molar-refractivity contribution is -0.186. The number of nitrogens with one attached hydrogen (secondary N) is 2. The van der Waals surface area contributed by atoms with Crippen molar-refractivity contribution >= 4 is 52.0 Å². The number of carbonyl (C=O) groups excluding carboxylic acids is 3. The number of nitrogens with zero attached hydrogens (tertiary/aromatic N) is 2. The van der Waals surface area contributed by atoms with E-state index in [1.54, 1.807) is 0 Å². The highest BCUT2D eigenvalue weighted by atomic mass is 35.5. The van der Waals surface area contributed by atoms with Crippen molar-refractivity contribution in [1.82, 2.24) is 10.2 Å². The molecule has 16 heteroatoms. The average Bonchev–Trinajstić information content (AvgIpc) is 3.24. The number of hydrogen-bond donors (Lipinski definition) is 2. The molecule has 1 saturated heterocycles. The first-order valence-electron chi connectivity index (χ1n) is 10.9. The lowest BCUT2D eigenvalue weighted by Crippen LogP contribution is -2.55. The lowest BCUT2D eigenvalue weighted by Gasteiger charge is -2.32. The number of ether oxygens (including phenoxy) is 1. The summed E-state index contributed by atoms with van der Waals surface area (Å²) in [5.74, 6) is -2.33. The van der Waals surface area contributed by atoms with Crippen LogP contribution in [-0.4, -0.2) is 80.4 Å². The summed E-state index contributed by atoms with van der Waals surface area (Å²) in [4.78, 5) is 38.7. The van der Waals surface area contributed by atoms with Crippen molar-refractivity contribution in [3.05, 3.63) is 45.6 Å². The van der Waals surface area contributed by atoms with Crippen molar-refractivity contribution in [2.24, 2.45) is 0 Å². The van der Waals surface area contributed by atoms with Crippen LogP contribution >= 0.6 is 22.9 Å². The van der Waals surface area contributed by atoms with E-state index >= 15 is 0 Å². The molecule has 1 fully saturated rings. The molecule has 0 aliphatic carbocycles. The number of thiophene rings is 1. The number of morpholine rings is 1. The number of alkyl halides is 6. The van der Waals surface area contributed by atoms with Gasteiger partial charge in [0.05, 0.1) is 28.9 Å². The van der Waals surface area contributed by atoms with E-state index in [1.807, 2.05) is 0 Å². The van der Waals surface area contributed by atoms with Crippen LogP contribution in [0.15, 0.2) is 36.4 Å². The molecule has 0 saturated carbocycles. The predicted octanol–water partition coefficient (Wildman–Crippen LogP) is 3.93. The molecule has 1 aliphatic rings. The van der Waals surface area contributed by atoms with Gasteiger partial charge in [0.2, 0.25) is 5.91 Å². The molecule has 38 heavy (non-hydrogen) atoms. The van der Waals surface area contributed by atoms with Crippen LogP contribution in [-0.2, 0) is 14.3 Å². The summed E-state index contributed by atoms with van der Waals surface area (Å²) in [6.45, 7) is -4.48. The molecule has 0 radical (unpaired) electrons. The Morgan fingerprint density at radius 3 is 2.21 bits per heavy atom. The van der Waals surface area contributed by atoms with E-state index in [4.69, 9.17) is 16.3 Å². The normalized spacial score (nSPS) is 15.5. The van der Waals surface area contributed by atoms with Crippen LogP contribution in [0.4, 0.5) is 37.7 Å². The van der Waals surface area contributed by atoms with Crippen molar-refractivity contribution in [2.75, 3.05) is 49.6 Å². The number of halogens is 7. The fourth-order valence-electron chi connectivity index (χ4n) is 3.58. The van der Waals surface area contributed by atoms with Gasteiger partial charge in [-0.3, -0.25) is 19.3 Å². The Hall–Kier alpha value is -2.88. The van der Waals surface area contributed by atoms with Crippen molar-refractivity contribution in [1.29, 1.82) is 0 Å². The van der Waals surface area contributed by atoms with E-state index < -0.39 is 49.8 Å². The molecular weight excluding hydrogens is 566 g/mol.